The minimum atomic E-state index is -1.03. The Kier molecular flexibility index (Phi) is 7.13. The summed E-state index contributed by atoms with van der Waals surface area (Å²) in [5.74, 6) is -0.648. The van der Waals surface area contributed by atoms with Crippen LogP contribution < -0.4 is 0 Å². The number of aliphatic hydroxyl groups is 1. The molecule has 1 aliphatic carbocycles. The first kappa shape index (κ1) is 23.1. The molecule has 30 heavy (non-hydrogen) atoms. The minimum absolute atomic E-state index is 0.0543. The lowest BCUT2D eigenvalue weighted by molar-refractivity contribution is -0.143. The Morgan fingerprint density at radius 3 is 2.23 bits per heavy atom. The quantitative estimate of drug-likeness (QED) is 0.699. The van der Waals surface area contributed by atoms with Crippen molar-refractivity contribution in [2.45, 2.75) is 70.0 Å². The van der Waals surface area contributed by atoms with Gasteiger partial charge in [0.2, 0.25) is 5.91 Å². The molecule has 1 aromatic carbocycles. The topological polar surface area (TPSA) is 70.1 Å². The number of ether oxygens (including phenoxy) is 1. The van der Waals surface area contributed by atoms with E-state index < -0.39 is 17.1 Å². The lowest BCUT2D eigenvalue weighted by Gasteiger charge is -2.43. The normalized spacial score (nSPS) is 20.6. The molecular weight excluding hydrogens is 448 g/mol. The second-order valence-corrected chi connectivity index (χ2v) is 10.4. The summed E-state index contributed by atoms with van der Waals surface area (Å²) in [6.07, 6.45) is 3.88. The van der Waals surface area contributed by atoms with Gasteiger partial charge in [0.25, 0.3) is 0 Å². The molecule has 0 spiro atoms. The maximum absolute atomic E-state index is 13.6. The van der Waals surface area contributed by atoms with Gasteiger partial charge < -0.3 is 19.6 Å². The van der Waals surface area contributed by atoms with Crippen molar-refractivity contribution in [2.75, 3.05) is 26.2 Å². The molecule has 1 aliphatic heterocycles. The fourth-order valence-corrected chi connectivity index (χ4v) is 4.86. The maximum Gasteiger partial charge on any atom is 0.410 e. The average molecular weight is 481 g/mol. The van der Waals surface area contributed by atoms with Crippen LogP contribution in [0.5, 0.6) is 0 Å². The van der Waals surface area contributed by atoms with Crippen LogP contribution in [0.4, 0.5) is 4.79 Å². The maximum atomic E-state index is 13.6. The summed E-state index contributed by atoms with van der Waals surface area (Å²) in [5, 5.41) is 11.5. The van der Waals surface area contributed by atoms with Crippen molar-refractivity contribution in [1.29, 1.82) is 0 Å². The van der Waals surface area contributed by atoms with E-state index in [9.17, 15) is 14.7 Å². The van der Waals surface area contributed by atoms with Gasteiger partial charge in [-0.2, -0.15) is 0 Å². The van der Waals surface area contributed by atoms with Gasteiger partial charge in [-0.05, 0) is 51.3 Å². The molecule has 0 radical (unpaired) electrons. The largest absolute Gasteiger partial charge is 0.444 e. The van der Waals surface area contributed by atoms with Crippen LogP contribution in [-0.2, 0) is 9.53 Å². The molecule has 166 valence electrons. The van der Waals surface area contributed by atoms with Gasteiger partial charge >= 0.3 is 6.09 Å². The summed E-state index contributed by atoms with van der Waals surface area (Å²) in [6, 6.07) is 7.70. The number of carbonyl (C=O) groups is 2. The molecule has 3 rings (SSSR count). The summed E-state index contributed by atoms with van der Waals surface area (Å²) < 4.78 is 6.35. The fraction of sp³-hybridized carbons (Fsp3) is 0.652. The van der Waals surface area contributed by atoms with E-state index in [0.29, 0.717) is 39.0 Å². The van der Waals surface area contributed by atoms with E-state index in [1.54, 1.807) is 9.80 Å². The Labute approximate surface area is 187 Å². The number of nitrogens with zero attached hydrogens (tertiary/aromatic N) is 2. The van der Waals surface area contributed by atoms with E-state index in [1.165, 1.54) is 0 Å². The highest BCUT2D eigenvalue weighted by Crippen LogP contribution is 2.41. The third-order valence-electron chi connectivity index (χ3n) is 5.93. The zero-order valence-corrected chi connectivity index (χ0v) is 19.8. The Bertz CT molecular complexity index is 763. The molecule has 1 atom stereocenters. The molecule has 1 aromatic rings. The third kappa shape index (κ3) is 5.55. The number of halogens is 1. The molecule has 0 aromatic heterocycles. The molecule has 2 fully saturated rings. The highest BCUT2D eigenvalue weighted by molar-refractivity contribution is 9.10. The van der Waals surface area contributed by atoms with Crippen LogP contribution in [0.3, 0.4) is 0 Å². The number of rotatable bonds is 3. The first-order valence-electron chi connectivity index (χ1n) is 10.8. The van der Waals surface area contributed by atoms with Gasteiger partial charge in [0.15, 0.2) is 0 Å². The Hall–Kier alpha value is -1.60. The van der Waals surface area contributed by atoms with E-state index in [-0.39, 0.29) is 12.0 Å². The highest BCUT2D eigenvalue weighted by atomic mass is 79.9. The van der Waals surface area contributed by atoms with Crippen LogP contribution in [0.15, 0.2) is 28.7 Å². The van der Waals surface area contributed by atoms with Crippen molar-refractivity contribution in [3.8, 4) is 0 Å². The summed E-state index contributed by atoms with van der Waals surface area (Å²) in [6.45, 7) is 7.29. The summed E-state index contributed by atoms with van der Waals surface area (Å²) in [4.78, 5) is 29.4. The van der Waals surface area contributed by atoms with E-state index in [4.69, 9.17) is 4.74 Å². The first-order valence-corrected chi connectivity index (χ1v) is 11.6. The Balaban J connectivity index is 1.75. The predicted octanol–water partition coefficient (Wildman–Crippen LogP) is 4.31. The lowest BCUT2D eigenvalue weighted by Crippen LogP contribution is -2.55. The number of hydrogen-bond acceptors (Lipinski definition) is 4. The van der Waals surface area contributed by atoms with E-state index >= 15 is 0 Å². The zero-order valence-electron chi connectivity index (χ0n) is 18.2. The molecule has 6 nitrogen and oxygen atoms in total. The molecule has 1 saturated heterocycles. The SMILES string of the molecule is CC(C)(C)OC(=O)N1CCN(C(=O)C(c2cccc(Br)c2)C2(O)CCCCC2)CC1. The smallest absolute Gasteiger partial charge is 0.410 e. The number of piperazine rings is 1. The minimum Gasteiger partial charge on any atom is -0.444 e. The summed E-state index contributed by atoms with van der Waals surface area (Å²) in [5.41, 5.74) is -0.730. The van der Waals surface area contributed by atoms with Gasteiger partial charge in [0.1, 0.15) is 5.60 Å². The van der Waals surface area contributed by atoms with Crippen LogP contribution in [0.25, 0.3) is 0 Å². The van der Waals surface area contributed by atoms with E-state index in [0.717, 1.165) is 29.3 Å². The standard InChI is InChI=1S/C23H33BrN2O4/c1-22(2,3)30-21(28)26-14-12-25(13-15-26)20(27)19(17-8-7-9-18(24)16-17)23(29)10-5-4-6-11-23/h7-9,16,19,29H,4-6,10-15H2,1-3H3. The van der Waals surface area contributed by atoms with Gasteiger partial charge in [-0.15, -0.1) is 0 Å². The molecular formula is C23H33BrN2O4. The van der Waals surface area contributed by atoms with Crippen LogP contribution in [0.2, 0.25) is 0 Å². The molecule has 2 amide bonds. The van der Waals surface area contributed by atoms with E-state index in [1.807, 2.05) is 45.0 Å². The molecule has 1 saturated carbocycles. The van der Waals surface area contributed by atoms with Crippen LogP contribution in [0, 0.1) is 0 Å². The third-order valence-corrected chi connectivity index (χ3v) is 6.42. The number of benzene rings is 1. The molecule has 1 unspecified atom stereocenters. The van der Waals surface area contributed by atoms with Gasteiger partial charge in [-0.1, -0.05) is 47.3 Å². The fourth-order valence-electron chi connectivity index (χ4n) is 4.44. The number of hydrogen-bond donors (Lipinski definition) is 1. The van der Waals surface area contributed by atoms with Crippen LogP contribution in [0.1, 0.15) is 64.4 Å². The first-order chi connectivity index (χ1) is 14.1. The monoisotopic (exact) mass is 480 g/mol. The van der Waals surface area contributed by atoms with Crippen molar-refractivity contribution in [3.63, 3.8) is 0 Å². The van der Waals surface area contributed by atoms with Gasteiger partial charge in [0, 0.05) is 30.7 Å². The highest BCUT2D eigenvalue weighted by Gasteiger charge is 2.45. The van der Waals surface area contributed by atoms with Crippen molar-refractivity contribution in [2.24, 2.45) is 0 Å². The summed E-state index contributed by atoms with van der Waals surface area (Å²) in [7, 11) is 0. The molecule has 1 N–H and O–H groups in total. The number of amides is 2. The Morgan fingerprint density at radius 2 is 1.67 bits per heavy atom. The van der Waals surface area contributed by atoms with Gasteiger partial charge in [0.05, 0.1) is 11.5 Å². The van der Waals surface area contributed by atoms with Crippen LogP contribution >= 0.6 is 15.9 Å². The number of carbonyl (C=O) groups excluding carboxylic acids is 2. The zero-order chi connectivity index (χ0) is 21.9. The van der Waals surface area contributed by atoms with Crippen molar-refractivity contribution >= 4 is 27.9 Å². The summed E-state index contributed by atoms with van der Waals surface area (Å²) >= 11 is 3.50. The molecule has 2 aliphatic rings. The van der Waals surface area contributed by atoms with Crippen molar-refractivity contribution < 1.29 is 19.4 Å². The van der Waals surface area contributed by atoms with E-state index in [2.05, 4.69) is 15.9 Å². The Morgan fingerprint density at radius 1 is 1.07 bits per heavy atom. The average Bonchev–Trinajstić information content (AvgIpc) is 2.67. The molecule has 1 heterocycles. The second kappa shape index (κ2) is 9.27. The second-order valence-electron chi connectivity index (χ2n) is 9.44. The van der Waals surface area contributed by atoms with Crippen LogP contribution in [-0.4, -0.2) is 64.3 Å². The lowest BCUT2D eigenvalue weighted by atomic mass is 9.72. The predicted molar refractivity (Wildman–Crippen MR) is 119 cm³/mol. The molecule has 7 heteroatoms. The van der Waals surface area contributed by atoms with Gasteiger partial charge in [-0.25, -0.2) is 4.79 Å². The van der Waals surface area contributed by atoms with Gasteiger partial charge in [-0.3, -0.25) is 4.79 Å². The van der Waals surface area contributed by atoms with Crippen molar-refractivity contribution in [3.05, 3.63) is 34.3 Å². The molecule has 0 bridgehead atoms. The van der Waals surface area contributed by atoms with Crippen molar-refractivity contribution in [1.82, 2.24) is 9.80 Å².